The first-order valence-corrected chi connectivity index (χ1v) is 7.85. The maximum absolute atomic E-state index is 11.0. The minimum absolute atomic E-state index is 0.117. The molecular weight excluding hydrogens is 317 g/mol. The summed E-state index contributed by atoms with van der Waals surface area (Å²) in [4.78, 5) is 29.8. The van der Waals surface area contributed by atoms with Gasteiger partial charge in [0.05, 0.1) is 12.9 Å². The van der Waals surface area contributed by atoms with Gasteiger partial charge in [-0.1, -0.05) is 0 Å². The third-order valence-electron chi connectivity index (χ3n) is 3.33. The molecule has 0 spiro atoms. The van der Waals surface area contributed by atoms with Crippen molar-refractivity contribution in [1.29, 1.82) is 0 Å². The molecule has 0 saturated carbocycles. The summed E-state index contributed by atoms with van der Waals surface area (Å²) in [5, 5.41) is 9.28. The van der Waals surface area contributed by atoms with E-state index < -0.39 is 32.9 Å². The lowest BCUT2D eigenvalue weighted by Gasteiger charge is -2.16. The third-order valence-corrected chi connectivity index (χ3v) is 3.88. The molecule has 1 aliphatic heterocycles. The average Bonchev–Trinajstić information content (AvgIpc) is 3.01. The van der Waals surface area contributed by atoms with Crippen LogP contribution in [0.3, 0.4) is 0 Å². The normalized spacial score (nSPS) is 25.9. The van der Waals surface area contributed by atoms with Gasteiger partial charge in [-0.15, -0.1) is 0 Å². The smallest absolute Gasteiger partial charge is 0.394 e. The number of hydrogen-bond acceptors (Lipinski definition) is 8. The maximum atomic E-state index is 11.0. The second-order valence-corrected chi connectivity index (χ2v) is 5.96. The summed E-state index contributed by atoms with van der Waals surface area (Å²) in [6.45, 7) is -0.440. The van der Waals surface area contributed by atoms with Crippen molar-refractivity contribution in [1.82, 2.24) is 19.5 Å². The second kappa shape index (κ2) is 5.54. The van der Waals surface area contributed by atoms with Crippen LogP contribution in [0.5, 0.6) is 0 Å². The summed E-state index contributed by atoms with van der Waals surface area (Å²) in [5.41, 5.74) is 6.51. The van der Waals surface area contributed by atoms with E-state index in [0.29, 0.717) is 11.2 Å². The van der Waals surface area contributed by atoms with Crippen LogP contribution in [0.15, 0.2) is 12.7 Å². The monoisotopic (exact) mass is 331 g/mol. The Morgan fingerprint density at radius 1 is 1.45 bits per heavy atom. The first-order valence-electron chi connectivity index (χ1n) is 6.32. The highest BCUT2D eigenvalue weighted by Gasteiger charge is 2.40. The van der Waals surface area contributed by atoms with Gasteiger partial charge in [0, 0.05) is 6.42 Å². The number of fused-ring (bicyclic) bond motifs is 1. The Bertz CT molecular complexity index is 732. The Morgan fingerprint density at radius 2 is 2.23 bits per heavy atom. The van der Waals surface area contributed by atoms with Crippen molar-refractivity contribution < 1.29 is 28.7 Å². The van der Waals surface area contributed by atoms with E-state index in [1.807, 2.05) is 0 Å². The Hall–Kier alpha value is -1.62. The molecule has 0 unspecified atom stereocenters. The number of phosphoric acid groups is 1. The van der Waals surface area contributed by atoms with Gasteiger partial charge in [-0.3, -0.25) is 9.09 Å². The van der Waals surface area contributed by atoms with Crippen LogP contribution in [0, 0.1) is 0 Å². The van der Waals surface area contributed by atoms with Gasteiger partial charge in [-0.05, 0) is 0 Å². The van der Waals surface area contributed by atoms with Crippen LogP contribution in [0.1, 0.15) is 12.6 Å². The average molecular weight is 331 g/mol. The van der Waals surface area contributed by atoms with Gasteiger partial charge in [-0.25, -0.2) is 19.5 Å². The molecule has 0 aromatic carbocycles. The molecule has 2 aromatic heterocycles. The first kappa shape index (κ1) is 15.3. The highest BCUT2D eigenvalue weighted by molar-refractivity contribution is 7.46. The van der Waals surface area contributed by atoms with Crippen molar-refractivity contribution in [2.75, 3.05) is 12.3 Å². The zero-order chi connectivity index (χ0) is 15.9. The zero-order valence-corrected chi connectivity index (χ0v) is 12.1. The molecule has 1 saturated heterocycles. The molecule has 120 valence electrons. The van der Waals surface area contributed by atoms with E-state index in [9.17, 15) is 9.67 Å². The third kappa shape index (κ3) is 2.82. The molecule has 3 rings (SSSR count). The molecule has 22 heavy (non-hydrogen) atoms. The van der Waals surface area contributed by atoms with Crippen LogP contribution in [0.25, 0.3) is 11.2 Å². The SMILES string of the molecule is Nc1ncnc2c1ncn2[C@H]1C[C@H](OP(=O)(O)O)[C@@H](CO)O1. The lowest BCUT2D eigenvalue weighted by atomic mass is 10.2. The molecule has 11 nitrogen and oxygen atoms in total. The lowest BCUT2D eigenvalue weighted by Crippen LogP contribution is -2.26. The van der Waals surface area contributed by atoms with Crippen LogP contribution >= 0.6 is 7.82 Å². The number of nitrogens with two attached hydrogens (primary N) is 1. The molecule has 1 aliphatic rings. The van der Waals surface area contributed by atoms with Gasteiger partial charge in [0.1, 0.15) is 30.3 Å². The number of aromatic nitrogens is 4. The minimum atomic E-state index is -4.69. The molecule has 0 aliphatic carbocycles. The maximum Gasteiger partial charge on any atom is 0.469 e. The van der Waals surface area contributed by atoms with E-state index in [4.69, 9.17) is 20.3 Å². The molecule has 5 N–H and O–H groups in total. The highest BCUT2D eigenvalue weighted by atomic mass is 31.2. The number of hydrogen-bond donors (Lipinski definition) is 4. The van der Waals surface area contributed by atoms with Crippen molar-refractivity contribution in [2.45, 2.75) is 24.9 Å². The summed E-state index contributed by atoms with van der Waals surface area (Å²) in [5.74, 6) is 0.212. The number of rotatable bonds is 4. The summed E-state index contributed by atoms with van der Waals surface area (Å²) >= 11 is 0. The molecule has 1 fully saturated rings. The van der Waals surface area contributed by atoms with Gasteiger partial charge < -0.3 is 25.4 Å². The van der Waals surface area contributed by atoms with E-state index in [0.717, 1.165) is 0 Å². The first-order chi connectivity index (χ1) is 10.4. The van der Waals surface area contributed by atoms with Gasteiger partial charge in [0.25, 0.3) is 0 Å². The van der Waals surface area contributed by atoms with E-state index in [1.54, 1.807) is 4.57 Å². The zero-order valence-electron chi connectivity index (χ0n) is 11.2. The molecule has 12 heteroatoms. The Morgan fingerprint density at radius 3 is 2.91 bits per heavy atom. The lowest BCUT2D eigenvalue weighted by molar-refractivity contribution is -0.0425. The minimum Gasteiger partial charge on any atom is -0.394 e. The number of aliphatic hydroxyl groups is 1. The number of nitrogen functional groups attached to an aromatic ring is 1. The number of anilines is 1. The van der Waals surface area contributed by atoms with Crippen LogP contribution < -0.4 is 5.73 Å². The van der Waals surface area contributed by atoms with E-state index in [1.165, 1.54) is 12.7 Å². The Balaban J connectivity index is 1.89. The number of ether oxygens (including phenoxy) is 1. The highest BCUT2D eigenvalue weighted by Crippen LogP contribution is 2.43. The summed E-state index contributed by atoms with van der Waals surface area (Å²) in [6, 6.07) is 0. The Kier molecular flexibility index (Phi) is 3.85. The quantitative estimate of drug-likeness (QED) is 0.519. The van der Waals surface area contributed by atoms with Crippen LogP contribution in [-0.2, 0) is 13.8 Å². The number of nitrogens with zero attached hydrogens (tertiary/aromatic N) is 4. The molecule has 3 atom stereocenters. The van der Waals surface area contributed by atoms with E-state index in [-0.39, 0.29) is 12.2 Å². The van der Waals surface area contributed by atoms with Gasteiger partial charge in [-0.2, -0.15) is 0 Å². The Labute approximate surface area is 124 Å². The van der Waals surface area contributed by atoms with Crippen molar-refractivity contribution in [3.05, 3.63) is 12.7 Å². The second-order valence-electron chi connectivity index (χ2n) is 4.76. The molecule has 0 bridgehead atoms. The number of phosphoric ester groups is 1. The molecule has 0 amide bonds. The van der Waals surface area contributed by atoms with Crippen LogP contribution in [0.4, 0.5) is 5.82 Å². The summed E-state index contributed by atoms with van der Waals surface area (Å²) < 4.78 is 22.8. The predicted octanol–water partition coefficient (Wildman–Crippen LogP) is -0.834. The van der Waals surface area contributed by atoms with Crippen molar-refractivity contribution in [3.8, 4) is 0 Å². The fraction of sp³-hybridized carbons (Fsp3) is 0.500. The molecular formula is C10H14N5O6P. The van der Waals surface area contributed by atoms with Gasteiger partial charge >= 0.3 is 7.82 Å². The summed E-state index contributed by atoms with van der Waals surface area (Å²) in [6.07, 6.45) is 0.368. The molecule has 2 aromatic rings. The van der Waals surface area contributed by atoms with E-state index >= 15 is 0 Å². The van der Waals surface area contributed by atoms with Gasteiger partial charge in [0.2, 0.25) is 0 Å². The van der Waals surface area contributed by atoms with Gasteiger partial charge in [0.15, 0.2) is 11.5 Å². The van der Waals surface area contributed by atoms with Crippen LogP contribution in [-0.4, -0.2) is 53.2 Å². The van der Waals surface area contributed by atoms with E-state index in [2.05, 4.69) is 19.5 Å². The standard InChI is InChI=1S/C10H14N5O6P/c11-9-8-10(13-3-12-9)15(4-14-8)7-1-5(6(2-16)20-7)21-22(17,18)19/h3-7,16H,1-2H2,(H2,11,12,13)(H2,17,18,19)/t5-,6+,7+/m0/s1. The summed E-state index contributed by atoms with van der Waals surface area (Å²) in [7, 11) is -4.69. The number of aliphatic hydroxyl groups excluding tert-OH is 1. The van der Waals surface area contributed by atoms with Crippen molar-refractivity contribution in [2.24, 2.45) is 0 Å². The van der Waals surface area contributed by atoms with Crippen LogP contribution in [0.2, 0.25) is 0 Å². The largest absolute Gasteiger partial charge is 0.469 e. The van der Waals surface area contributed by atoms with Crippen molar-refractivity contribution >= 4 is 24.8 Å². The predicted molar refractivity (Wildman–Crippen MR) is 72.3 cm³/mol. The number of imidazole rings is 1. The molecule has 3 heterocycles. The topological polar surface area (TPSA) is 166 Å². The fourth-order valence-electron chi connectivity index (χ4n) is 2.40. The van der Waals surface area contributed by atoms with Crippen molar-refractivity contribution in [3.63, 3.8) is 0 Å². The molecule has 0 radical (unpaired) electrons. The fourth-order valence-corrected chi connectivity index (χ4v) is 2.98.